The highest BCUT2D eigenvalue weighted by molar-refractivity contribution is 5.61. The molecule has 0 fully saturated rings. The van der Waals surface area contributed by atoms with Gasteiger partial charge in [-0.05, 0) is 24.1 Å². The lowest BCUT2D eigenvalue weighted by molar-refractivity contribution is -0.108. The molecule has 0 saturated heterocycles. The van der Waals surface area contributed by atoms with Crippen LogP contribution in [0.25, 0.3) is 0 Å². The average molecular weight is 283 g/mol. The number of rotatable bonds is 5. The molecular formula is C16H17N3O2. The molecule has 3 heterocycles. The van der Waals surface area contributed by atoms with Crippen LogP contribution in [-0.4, -0.2) is 29.9 Å². The number of aromatic nitrogens is 2. The zero-order valence-corrected chi connectivity index (χ0v) is 11.9. The normalized spacial score (nSPS) is 14.6. The van der Waals surface area contributed by atoms with E-state index in [-0.39, 0.29) is 6.04 Å². The summed E-state index contributed by atoms with van der Waals surface area (Å²) in [6, 6.07) is 5.74. The van der Waals surface area contributed by atoms with Gasteiger partial charge in [-0.3, -0.25) is 4.98 Å². The zero-order chi connectivity index (χ0) is 14.7. The van der Waals surface area contributed by atoms with E-state index in [1.165, 1.54) is 0 Å². The van der Waals surface area contributed by atoms with Crippen LogP contribution in [0.4, 0.5) is 5.82 Å². The third-order valence-electron chi connectivity index (χ3n) is 3.85. The molecule has 3 rings (SSSR count). The number of carbonyl (C=O) groups excluding carboxylic acids is 1. The van der Waals surface area contributed by atoms with E-state index in [1.54, 1.807) is 19.5 Å². The Balaban J connectivity index is 1.99. The van der Waals surface area contributed by atoms with Crippen molar-refractivity contribution < 1.29 is 9.53 Å². The van der Waals surface area contributed by atoms with E-state index in [2.05, 4.69) is 14.9 Å². The van der Waals surface area contributed by atoms with E-state index in [0.717, 1.165) is 41.9 Å². The van der Waals surface area contributed by atoms with E-state index in [0.29, 0.717) is 6.42 Å². The maximum absolute atomic E-state index is 11.1. The van der Waals surface area contributed by atoms with Crippen molar-refractivity contribution in [2.24, 2.45) is 0 Å². The summed E-state index contributed by atoms with van der Waals surface area (Å²) in [6.45, 7) is 0.829. The molecule has 21 heavy (non-hydrogen) atoms. The number of carbonyl (C=O) groups is 1. The second-order valence-electron chi connectivity index (χ2n) is 4.96. The monoisotopic (exact) mass is 283 g/mol. The van der Waals surface area contributed by atoms with E-state index < -0.39 is 0 Å². The van der Waals surface area contributed by atoms with Crippen LogP contribution in [0, 0.1) is 0 Å². The van der Waals surface area contributed by atoms with Crippen molar-refractivity contribution in [3.8, 4) is 5.75 Å². The predicted molar refractivity (Wildman–Crippen MR) is 79.5 cm³/mol. The van der Waals surface area contributed by atoms with Crippen molar-refractivity contribution >= 4 is 12.1 Å². The Labute approximate surface area is 123 Å². The van der Waals surface area contributed by atoms with Crippen molar-refractivity contribution in [3.63, 3.8) is 0 Å². The minimum atomic E-state index is -0.0305. The molecule has 0 bridgehead atoms. The Bertz CT molecular complexity index is 631. The lowest BCUT2D eigenvalue weighted by atomic mass is 10.1. The molecule has 0 saturated carbocycles. The molecule has 0 N–H and O–H groups in total. The molecule has 108 valence electrons. The largest absolute Gasteiger partial charge is 0.496 e. The first kappa shape index (κ1) is 13.5. The Morgan fingerprint density at radius 3 is 3.05 bits per heavy atom. The first-order chi connectivity index (χ1) is 10.3. The standard InChI is InChI=1S/C16H17N3O2/c1-21-15-4-8-18-16-13(15)5-9-19(16)14(6-10-20)12-3-2-7-17-11-12/h2-4,7-8,10-11,14H,5-6,9H2,1H3. The van der Waals surface area contributed by atoms with Gasteiger partial charge >= 0.3 is 0 Å². The summed E-state index contributed by atoms with van der Waals surface area (Å²) in [5, 5.41) is 0. The maximum Gasteiger partial charge on any atom is 0.136 e. The average Bonchev–Trinajstić information content (AvgIpc) is 2.97. The number of pyridine rings is 2. The van der Waals surface area contributed by atoms with Crippen molar-refractivity contribution in [1.82, 2.24) is 9.97 Å². The summed E-state index contributed by atoms with van der Waals surface area (Å²) < 4.78 is 5.40. The number of methoxy groups -OCH3 is 1. The van der Waals surface area contributed by atoms with Gasteiger partial charge in [0.25, 0.3) is 0 Å². The summed E-state index contributed by atoms with van der Waals surface area (Å²) in [6.07, 6.45) is 7.55. The first-order valence-corrected chi connectivity index (χ1v) is 6.97. The molecule has 2 aromatic heterocycles. The summed E-state index contributed by atoms with van der Waals surface area (Å²) in [5.74, 6) is 1.77. The fourth-order valence-electron chi connectivity index (χ4n) is 2.89. The van der Waals surface area contributed by atoms with Gasteiger partial charge in [-0.15, -0.1) is 0 Å². The molecule has 1 atom stereocenters. The van der Waals surface area contributed by atoms with Gasteiger partial charge in [0.15, 0.2) is 0 Å². The van der Waals surface area contributed by atoms with E-state index in [9.17, 15) is 4.79 Å². The van der Waals surface area contributed by atoms with Crippen LogP contribution in [0.3, 0.4) is 0 Å². The Kier molecular flexibility index (Phi) is 3.81. The molecular weight excluding hydrogens is 266 g/mol. The molecule has 1 unspecified atom stereocenters. The lowest BCUT2D eigenvalue weighted by Gasteiger charge is -2.28. The topological polar surface area (TPSA) is 55.3 Å². The van der Waals surface area contributed by atoms with Crippen LogP contribution >= 0.6 is 0 Å². The van der Waals surface area contributed by atoms with Crippen molar-refractivity contribution in [2.75, 3.05) is 18.6 Å². The molecule has 0 aromatic carbocycles. The van der Waals surface area contributed by atoms with Gasteiger partial charge in [0.2, 0.25) is 0 Å². The smallest absolute Gasteiger partial charge is 0.136 e. The summed E-state index contributed by atoms with van der Waals surface area (Å²) in [4.78, 5) is 21.9. The quantitative estimate of drug-likeness (QED) is 0.787. The van der Waals surface area contributed by atoms with Gasteiger partial charge in [-0.1, -0.05) is 6.07 Å². The number of fused-ring (bicyclic) bond motifs is 1. The predicted octanol–water partition coefficient (Wildman–Crippen LogP) is 2.18. The fraction of sp³-hybridized carbons (Fsp3) is 0.312. The highest BCUT2D eigenvalue weighted by Crippen LogP contribution is 2.38. The second-order valence-corrected chi connectivity index (χ2v) is 4.96. The van der Waals surface area contributed by atoms with Crippen LogP contribution in [0.1, 0.15) is 23.6 Å². The molecule has 0 amide bonds. The highest BCUT2D eigenvalue weighted by atomic mass is 16.5. The number of hydrogen-bond acceptors (Lipinski definition) is 5. The van der Waals surface area contributed by atoms with Gasteiger partial charge in [-0.2, -0.15) is 0 Å². The first-order valence-electron chi connectivity index (χ1n) is 6.97. The molecule has 2 aromatic rings. The third kappa shape index (κ3) is 2.46. The van der Waals surface area contributed by atoms with Crippen LogP contribution in [-0.2, 0) is 11.2 Å². The fourth-order valence-corrected chi connectivity index (χ4v) is 2.89. The Hall–Kier alpha value is -2.43. The van der Waals surface area contributed by atoms with Crippen LogP contribution < -0.4 is 9.64 Å². The maximum atomic E-state index is 11.1. The van der Waals surface area contributed by atoms with Gasteiger partial charge in [0, 0.05) is 37.1 Å². The molecule has 1 aliphatic rings. The SMILES string of the molecule is COc1ccnc2c1CCN2C(CC=O)c1cccnc1. The summed E-state index contributed by atoms with van der Waals surface area (Å²) >= 11 is 0. The van der Waals surface area contributed by atoms with Crippen LogP contribution in [0.15, 0.2) is 36.8 Å². The molecule has 5 heteroatoms. The minimum absolute atomic E-state index is 0.0305. The Morgan fingerprint density at radius 2 is 2.33 bits per heavy atom. The summed E-state index contributed by atoms with van der Waals surface area (Å²) in [5.41, 5.74) is 2.14. The van der Waals surface area contributed by atoms with E-state index in [4.69, 9.17) is 4.74 Å². The highest BCUT2D eigenvalue weighted by Gasteiger charge is 2.30. The Morgan fingerprint density at radius 1 is 1.43 bits per heavy atom. The molecule has 0 radical (unpaired) electrons. The number of aldehydes is 1. The van der Waals surface area contributed by atoms with Crippen LogP contribution in [0.2, 0.25) is 0 Å². The summed E-state index contributed by atoms with van der Waals surface area (Å²) in [7, 11) is 1.67. The van der Waals surface area contributed by atoms with Crippen molar-refractivity contribution in [1.29, 1.82) is 0 Å². The third-order valence-corrected chi connectivity index (χ3v) is 3.85. The van der Waals surface area contributed by atoms with E-state index in [1.807, 2.05) is 24.4 Å². The van der Waals surface area contributed by atoms with Crippen LogP contribution in [0.5, 0.6) is 5.75 Å². The van der Waals surface area contributed by atoms with Gasteiger partial charge in [-0.25, -0.2) is 4.98 Å². The lowest BCUT2D eigenvalue weighted by Crippen LogP contribution is -2.27. The number of ether oxygens (including phenoxy) is 1. The number of hydrogen-bond donors (Lipinski definition) is 0. The molecule has 5 nitrogen and oxygen atoms in total. The number of anilines is 1. The van der Waals surface area contributed by atoms with Gasteiger partial charge in [0.05, 0.1) is 13.2 Å². The second kappa shape index (κ2) is 5.91. The number of nitrogens with zero attached hydrogens (tertiary/aromatic N) is 3. The van der Waals surface area contributed by atoms with Gasteiger partial charge in [0.1, 0.15) is 17.9 Å². The van der Waals surface area contributed by atoms with Gasteiger partial charge < -0.3 is 14.4 Å². The molecule has 0 aliphatic carbocycles. The van der Waals surface area contributed by atoms with Crippen molar-refractivity contribution in [3.05, 3.63) is 47.9 Å². The molecule has 0 spiro atoms. The zero-order valence-electron chi connectivity index (χ0n) is 11.9. The van der Waals surface area contributed by atoms with E-state index >= 15 is 0 Å². The minimum Gasteiger partial charge on any atom is -0.496 e. The van der Waals surface area contributed by atoms with Crippen molar-refractivity contribution in [2.45, 2.75) is 18.9 Å². The molecule has 1 aliphatic heterocycles.